The third kappa shape index (κ3) is 7.28. The Morgan fingerprint density at radius 3 is 2.14 bits per heavy atom. The van der Waals surface area contributed by atoms with Gasteiger partial charge in [0.1, 0.15) is 0 Å². The van der Waals surface area contributed by atoms with Gasteiger partial charge in [-0.15, -0.1) is 0 Å². The van der Waals surface area contributed by atoms with E-state index in [0.29, 0.717) is 5.56 Å². The van der Waals surface area contributed by atoms with Crippen LogP contribution in [0, 0.1) is 0 Å². The van der Waals surface area contributed by atoms with E-state index in [-0.39, 0.29) is 9.68 Å². The topological polar surface area (TPSA) is 54.4 Å². The molecule has 1 aromatic carbocycles. The summed E-state index contributed by atoms with van der Waals surface area (Å²) in [7, 11) is -4.15. The summed E-state index contributed by atoms with van der Waals surface area (Å²) >= 11 is 3.05. The van der Waals surface area contributed by atoms with E-state index in [2.05, 4.69) is 23.2 Å². The van der Waals surface area contributed by atoms with Gasteiger partial charge >= 0.3 is 144 Å². The molecule has 1 atom stereocenters. The van der Waals surface area contributed by atoms with Crippen LogP contribution in [0.15, 0.2) is 29.2 Å². The Morgan fingerprint density at radius 1 is 1.00 bits per heavy atom. The SMILES string of the molecule is CCCCCCCCCC[CH]([Cr])c1ccccc1S(=O)(=O)O. The van der Waals surface area contributed by atoms with Crippen molar-refractivity contribution in [1.82, 2.24) is 0 Å². The van der Waals surface area contributed by atoms with Gasteiger partial charge in [-0.25, -0.2) is 0 Å². The number of hydrogen-bond donors (Lipinski definition) is 1. The van der Waals surface area contributed by atoms with Crippen molar-refractivity contribution in [3.63, 3.8) is 0 Å². The molecule has 0 aromatic heterocycles. The number of hydrogen-bond acceptors (Lipinski definition) is 2. The average Bonchev–Trinajstić information content (AvgIpc) is 2.49. The van der Waals surface area contributed by atoms with Crippen LogP contribution >= 0.6 is 0 Å². The molecular weight excluding hydrogens is 336 g/mol. The first-order valence-corrected chi connectivity index (χ1v) is 10.4. The number of unbranched alkanes of at least 4 members (excludes halogenated alkanes) is 7. The van der Waals surface area contributed by atoms with E-state index in [1.165, 1.54) is 51.0 Å². The van der Waals surface area contributed by atoms with Crippen LogP contribution in [0.5, 0.6) is 0 Å². The maximum absolute atomic E-state index is 11.4. The first-order valence-electron chi connectivity index (χ1n) is 8.19. The predicted octanol–water partition coefficient (Wildman–Crippen LogP) is 5.05. The molecule has 1 rings (SSSR count). The van der Waals surface area contributed by atoms with Gasteiger partial charge in [0, 0.05) is 0 Å². The molecule has 1 aromatic rings. The molecule has 0 aliphatic carbocycles. The van der Waals surface area contributed by atoms with Gasteiger partial charge in [0.05, 0.1) is 0 Å². The Bertz CT molecular complexity index is 528. The normalized spacial score (nSPS) is 13.2. The van der Waals surface area contributed by atoms with Gasteiger partial charge in [-0.1, -0.05) is 0 Å². The molecule has 0 aliphatic heterocycles. The standard InChI is InChI=1S/C17H27O3S.Cr/c1-2-3-4-5-6-7-8-9-10-13-16-14-11-12-15-17(16)21(18,19)20;/h11-15H,2-10H2,1H3,(H,18,19,20);. The fraction of sp³-hybridized carbons (Fsp3) is 0.647. The molecule has 0 fully saturated rings. The van der Waals surface area contributed by atoms with Crippen molar-refractivity contribution in [3.8, 4) is 0 Å². The van der Waals surface area contributed by atoms with Crippen LogP contribution in [0.25, 0.3) is 0 Å². The summed E-state index contributed by atoms with van der Waals surface area (Å²) in [6, 6.07) is 6.68. The molecule has 125 valence electrons. The molecule has 1 unspecified atom stereocenters. The second-order valence-corrected chi connectivity index (χ2v) is 8.04. The fourth-order valence-corrected chi connectivity index (χ4v) is 4.06. The van der Waals surface area contributed by atoms with Crippen LogP contribution in [-0.2, 0) is 26.4 Å². The van der Waals surface area contributed by atoms with Gasteiger partial charge in [0.25, 0.3) is 0 Å². The number of benzene rings is 1. The van der Waals surface area contributed by atoms with E-state index in [1.807, 2.05) is 6.07 Å². The molecule has 5 heteroatoms. The van der Waals surface area contributed by atoms with Crippen molar-refractivity contribution in [2.75, 3.05) is 0 Å². The van der Waals surface area contributed by atoms with Crippen molar-refractivity contribution in [3.05, 3.63) is 29.8 Å². The first kappa shape index (κ1) is 19.7. The molecular formula is C17H27CrO3S. The van der Waals surface area contributed by atoms with Crippen molar-refractivity contribution < 1.29 is 29.3 Å². The quantitative estimate of drug-likeness (QED) is 0.442. The van der Waals surface area contributed by atoms with Crippen molar-refractivity contribution >= 4 is 10.1 Å². The van der Waals surface area contributed by atoms with Gasteiger partial charge in [-0.05, 0) is 0 Å². The molecule has 0 saturated carbocycles. The summed E-state index contributed by atoms with van der Waals surface area (Å²) in [6.45, 7) is 2.22. The van der Waals surface area contributed by atoms with E-state index in [4.69, 9.17) is 0 Å². The third-order valence-corrected chi connectivity index (χ3v) is 5.56. The van der Waals surface area contributed by atoms with E-state index in [9.17, 15) is 13.0 Å². The molecule has 0 heterocycles. The monoisotopic (exact) mass is 363 g/mol. The predicted molar refractivity (Wildman–Crippen MR) is 86.2 cm³/mol. The Hall–Kier alpha value is -0.338. The zero-order valence-electron chi connectivity index (χ0n) is 13.3. The molecule has 0 spiro atoms. The van der Waals surface area contributed by atoms with E-state index in [1.54, 1.807) is 12.1 Å². The summed E-state index contributed by atoms with van der Waals surface area (Å²) < 4.78 is 32.1. The van der Waals surface area contributed by atoms with Crippen molar-refractivity contribution in [2.45, 2.75) is 74.4 Å². The molecule has 0 saturated heterocycles. The van der Waals surface area contributed by atoms with Crippen LogP contribution < -0.4 is 0 Å². The summed E-state index contributed by atoms with van der Waals surface area (Å²) in [5, 5.41) is 0. The third-order valence-electron chi connectivity index (χ3n) is 3.86. The molecule has 22 heavy (non-hydrogen) atoms. The minimum absolute atomic E-state index is 0.0261. The zero-order valence-corrected chi connectivity index (χ0v) is 15.4. The average molecular weight is 363 g/mol. The Kier molecular flexibility index (Phi) is 9.35. The van der Waals surface area contributed by atoms with E-state index in [0.717, 1.165) is 12.8 Å². The Balaban J connectivity index is 2.36. The van der Waals surface area contributed by atoms with E-state index >= 15 is 0 Å². The van der Waals surface area contributed by atoms with Gasteiger partial charge in [0.2, 0.25) is 0 Å². The zero-order chi connectivity index (χ0) is 16.4. The Labute approximate surface area is 143 Å². The van der Waals surface area contributed by atoms with Crippen LogP contribution in [0.1, 0.15) is 75.1 Å². The van der Waals surface area contributed by atoms with Crippen LogP contribution in [0.3, 0.4) is 0 Å². The molecule has 0 radical (unpaired) electrons. The summed E-state index contributed by atoms with van der Waals surface area (Å²) in [6.07, 6.45) is 11.0. The summed E-state index contributed by atoms with van der Waals surface area (Å²) in [5.41, 5.74) is 0.674. The van der Waals surface area contributed by atoms with Crippen molar-refractivity contribution in [1.29, 1.82) is 0 Å². The fourth-order valence-electron chi connectivity index (χ4n) is 2.60. The van der Waals surface area contributed by atoms with E-state index < -0.39 is 10.1 Å². The van der Waals surface area contributed by atoms with Crippen LogP contribution in [-0.4, -0.2) is 13.0 Å². The number of rotatable bonds is 11. The van der Waals surface area contributed by atoms with Gasteiger partial charge in [-0.3, -0.25) is 0 Å². The molecule has 0 bridgehead atoms. The summed E-state index contributed by atoms with van der Waals surface area (Å²) in [4.78, 5) is 0.0262. The molecule has 3 nitrogen and oxygen atoms in total. The maximum atomic E-state index is 11.4. The second-order valence-electron chi connectivity index (χ2n) is 5.77. The molecule has 1 N–H and O–H groups in total. The van der Waals surface area contributed by atoms with Crippen LogP contribution in [0.2, 0.25) is 0 Å². The summed E-state index contributed by atoms with van der Waals surface area (Å²) in [5.74, 6) is 0. The Morgan fingerprint density at radius 2 is 1.55 bits per heavy atom. The molecule has 0 amide bonds. The van der Waals surface area contributed by atoms with Gasteiger partial charge < -0.3 is 0 Å². The molecule has 0 aliphatic rings. The van der Waals surface area contributed by atoms with Crippen molar-refractivity contribution in [2.24, 2.45) is 0 Å². The minimum atomic E-state index is -4.15. The second kappa shape index (κ2) is 10.4. The first-order chi connectivity index (χ1) is 10.5. The van der Waals surface area contributed by atoms with Gasteiger partial charge in [-0.2, -0.15) is 0 Å². The van der Waals surface area contributed by atoms with Crippen LogP contribution in [0.4, 0.5) is 0 Å². The van der Waals surface area contributed by atoms with Gasteiger partial charge in [0.15, 0.2) is 0 Å².